The highest BCUT2D eigenvalue weighted by molar-refractivity contribution is 9.10. The molecule has 0 bridgehead atoms. The van der Waals surface area contributed by atoms with Gasteiger partial charge in [-0.1, -0.05) is 49.5 Å². The molecule has 2 nitrogen and oxygen atoms in total. The molecule has 0 amide bonds. The minimum absolute atomic E-state index is 0.417. The average Bonchev–Trinajstić information content (AvgIpc) is 2.39. The van der Waals surface area contributed by atoms with Crippen molar-refractivity contribution in [1.29, 1.82) is 0 Å². The van der Waals surface area contributed by atoms with Crippen molar-refractivity contribution in [2.75, 3.05) is 0 Å². The summed E-state index contributed by atoms with van der Waals surface area (Å²) in [6.45, 7) is 0.851. The van der Waals surface area contributed by atoms with Gasteiger partial charge in [0.25, 0.3) is 0 Å². The maximum Gasteiger partial charge on any atom is 0.124 e. The Morgan fingerprint density at radius 2 is 1.68 bits per heavy atom. The Hall–Kier alpha value is -0.550. The minimum atomic E-state index is 0.417. The van der Waals surface area contributed by atoms with Crippen LogP contribution in [0.25, 0.3) is 0 Å². The molecule has 0 atom stereocenters. The van der Waals surface area contributed by atoms with E-state index in [-0.39, 0.29) is 0 Å². The Balaban J connectivity index is 2.14. The SMILES string of the molecule is NCc1cc(Br)ccc1OCc1ccc(Br)cc1Cl. The first-order valence-electron chi connectivity index (χ1n) is 5.65. The summed E-state index contributed by atoms with van der Waals surface area (Å²) in [5.74, 6) is 0.782. The molecule has 0 saturated carbocycles. The van der Waals surface area contributed by atoms with Gasteiger partial charge in [0, 0.05) is 31.6 Å². The highest BCUT2D eigenvalue weighted by Gasteiger charge is 2.06. The van der Waals surface area contributed by atoms with Gasteiger partial charge in [-0.3, -0.25) is 0 Å². The molecule has 19 heavy (non-hydrogen) atoms. The summed E-state index contributed by atoms with van der Waals surface area (Å²) in [6.07, 6.45) is 0. The molecule has 2 aromatic rings. The maximum absolute atomic E-state index is 6.15. The second kappa shape index (κ2) is 6.75. The number of hydrogen-bond donors (Lipinski definition) is 1. The molecule has 0 radical (unpaired) electrons. The van der Waals surface area contributed by atoms with Gasteiger partial charge in [0.2, 0.25) is 0 Å². The van der Waals surface area contributed by atoms with Crippen molar-refractivity contribution in [3.8, 4) is 5.75 Å². The molecule has 2 N–H and O–H groups in total. The fraction of sp³-hybridized carbons (Fsp3) is 0.143. The van der Waals surface area contributed by atoms with Crippen LogP contribution < -0.4 is 10.5 Å². The smallest absolute Gasteiger partial charge is 0.124 e. The lowest BCUT2D eigenvalue weighted by molar-refractivity contribution is 0.303. The third-order valence-electron chi connectivity index (χ3n) is 2.64. The molecule has 5 heteroatoms. The van der Waals surface area contributed by atoms with Gasteiger partial charge in [-0.2, -0.15) is 0 Å². The molecule has 2 aromatic carbocycles. The predicted molar refractivity (Wildman–Crippen MR) is 85.5 cm³/mol. The summed E-state index contributed by atoms with van der Waals surface area (Å²) >= 11 is 12.9. The number of halogens is 3. The first-order valence-corrected chi connectivity index (χ1v) is 7.62. The molecule has 0 heterocycles. The molecular weight excluding hydrogens is 393 g/mol. The third-order valence-corrected chi connectivity index (χ3v) is 3.98. The molecule has 0 aliphatic rings. The fourth-order valence-corrected chi connectivity index (χ4v) is 2.78. The van der Waals surface area contributed by atoms with E-state index in [9.17, 15) is 0 Å². The zero-order chi connectivity index (χ0) is 13.8. The van der Waals surface area contributed by atoms with Crippen LogP contribution in [0.4, 0.5) is 0 Å². The van der Waals surface area contributed by atoms with Crippen molar-refractivity contribution in [2.45, 2.75) is 13.2 Å². The van der Waals surface area contributed by atoms with Gasteiger partial charge in [0.1, 0.15) is 12.4 Å². The molecule has 0 unspecified atom stereocenters. The summed E-state index contributed by atoms with van der Waals surface area (Å²) in [5.41, 5.74) is 7.61. The molecule has 0 fully saturated rings. The highest BCUT2D eigenvalue weighted by atomic mass is 79.9. The lowest BCUT2D eigenvalue weighted by Crippen LogP contribution is -2.03. The van der Waals surface area contributed by atoms with Gasteiger partial charge >= 0.3 is 0 Å². The van der Waals surface area contributed by atoms with Crippen LogP contribution in [0, 0.1) is 0 Å². The molecule has 0 saturated heterocycles. The highest BCUT2D eigenvalue weighted by Crippen LogP contribution is 2.26. The number of rotatable bonds is 4. The van der Waals surface area contributed by atoms with Crippen molar-refractivity contribution in [3.63, 3.8) is 0 Å². The second-order valence-corrected chi connectivity index (χ2v) is 6.22. The Morgan fingerprint density at radius 3 is 2.37 bits per heavy atom. The number of benzene rings is 2. The summed E-state index contributed by atoms with van der Waals surface area (Å²) in [4.78, 5) is 0. The zero-order valence-corrected chi connectivity index (χ0v) is 13.9. The Kier molecular flexibility index (Phi) is 5.28. The van der Waals surface area contributed by atoms with Crippen LogP contribution in [-0.4, -0.2) is 0 Å². The zero-order valence-electron chi connectivity index (χ0n) is 10.00. The van der Waals surface area contributed by atoms with Gasteiger partial charge in [0.05, 0.1) is 0 Å². The van der Waals surface area contributed by atoms with Crippen LogP contribution >= 0.6 is 43.5 Å². The molecular formula is C14H12Br2ClNO. The van der Waals surface area contributed by atoms with Crippen molar-refractivity contribution in [3.05, 3.63) is 61.5 Å². The van der Waals surface area contributed by atoms with Crippen LogP contribution in [0.1, 0.15) is 11.1 Å². The first-order chi connectivity index (χ1) is 9.10. The van der Waals surface area contributed by atoms with E-state index >= 15 is 0 Å². The average molecular weight is 406 g/mol. The normalized spacial score (nSPS) is 10.5. The van der Waals surface area contributed by atoms with E-state index < -0.39 is 0 Å². The summed E-state index contributed by atoms with van der Waals surface area (Å²) in [6, 6.07) is 11.5. The summed E-state index contributed by atoms with van der Waals surface area (Å²) in [5, 5.41) is 0.681. The lowest BCUT2D eigenvalue weighted by atomic mass is 10.2. The Labute approximate surface area is 134 Å². The molecule has 0 aliphatic heterocycles. The van der Waals surface area contributed by atoms with Crippen LogP contribution in [0.2, 0.25) is 5.02 Å². The molecule has 0 spiro atoms. The molecule has 0 aromatic heterocycles. The predicted octanol–water partition coefficient (Wildman–Crippen LogP) is 4.90. The lowest BCUT2D eigenvalue weighted by Gasteiger charge is -2.12. The van der Waals surface area contributed by atoms with Gasteiger partial charge in [-0.05, 0) is 30.3 Å². The molecule has 0 aliphatic carbocycles. The summed E-state index contributed by atoms with van der Waals surface area (Å²) < 4.78 is 7.73. The van der Waals surface area contributed by atoms with E-state index in [1.54, 1.807) is 0 Å². The topological polar surface area (TPSA) is 35.2 Å². The van der Waals surface area contributed by atoms with E-state index in [0.717, 1.165) is 25.8 Å². The van der Waals surface area contributed by atoms with Crippen LogP contribution in [0.3, 0.4) is 0 Å². The molecule has 2 rings (SSSR count). The van der Waals surface area contributed by atoms with Crippen LogP contribution in [-0.2, 0) is 13.2 Å². The van der Waals surface area contributed by atoms with E-state index in [1.165, 1.54) is 0 Å². The largest absolute Gasteiger partial charge is 0.489 e. The minimum Gasteiger partial charge on any atom is -0.489 e. The maximum atomic E-state index is 6.15. The van der Waals surface area contributed by atoms with E-state index in [2.05, 4.69) is 31.9 Å². The van der Waals surface area contributed by atoms with Crippen molar-refractivity contribution >= 4 is 43.5 Å². The van der Waals surface area contributed by atoms with E-state index in [1.807, 2.05) is 36.4 Å². The Bertz CT molecular complexity index is 590. The first kappa shape index (κ1) is 14.9. The summed E-state index contributed by atoms with van der Waals surface area (Å²) in [7, 11) is 0. The van der Waals surface area contributed by atoms with Crippen molar-refractivity contribution in [1.82, 2.24) is 0 Å². The second-order valence-electron chi connectivity index (χ2n) is 3.98. The van der Waals surface area contributed by atoms with Crippen LogP contribution in [0.5, 0.6) is 5.75 Å². The standard InChI is InChI=1S/C14H12Br2ClNO/c15-11-3-4-14(10(5-11)7-18)19-8-9-1-2-12(16)6-13(9)17/h1-6H,7-8,18H2. The van der Waals surface area contributed by atoms with Crippen molar-refractivity contribution in [2.24, 2.45) is 5.73 Å². The number of nitrogens with two attached hydrogens (primary N) is 1. The van der Waals surface area contributed by atoms with E-state index in [4.69, 9.17) is 22.1 Å². The van der Waals surface area contributed by atoms with Gasteiger partial charge < -0.3 is 10.5 Å². The number of hydrogen-bond acceptors (Lipinski definition) is 2. The quantitative estimate of drug-likeness (QED) is 0.785. The van der Waals surface area contributed by atoms with Crippen LogP contribution in [0.15, 0.2) is 45.3 Å². The molecule has 100 valence electrons. The monoisotopic (exact) mass is 403 g/mol. The van der Waals surface area contributed by atoms with E-state index in [0.29, 0.717) is 18.2 Å². The van der Waals surface area contributed by atoms with Gasteiger partial charge in [-0.25, -0.2) is 0 Å². The van der Waals surface area contributed by atoms with Crippen molar-refractivity contribution < 1.29 is 4.74 Å². The van der Waals surface area contributed by atoms with Gasteiger partial charge in [0.15, 0.2) is 0 Å². The van der Waals surface area contributed by atoms with Gasteiger partial charge in [-0.15, -0.1) is 0 Å². The fourth-order valence-electron chi connectivity index (χ4n) is 1.64. The Morgan fingerprint density at radius 1 is 1.00 bits per heavy atom. The number of ether oxygens (including phenoxy) is 1. The third kappa shape index (κ3) is 3.96.